The van der Waals surface area contributed by atoms with Crippen LogP contribution in [0, 0.1) is 0 Å². The van der Waals surface area contributed by atoms with Gasteiger partial charge in [-0.1, -0.05) is 0 Å². The van der Waals surface area contributed by atoms with Crippen LogP contribution >= 0.6 is 0 Å². The molecule has 0 heterocycles. The Morgan fingerprint density at radius 1 is 0.833 bits per heavy atom. The second kappa shape index (κ2) is 400. The summed E-state index contributed by atoms with van der Waals surface area (Å²) in [5.41, 5.74) is 0. The Balaban J connectivity index is -0.0000000225. The summed E-state index contributed by atoms with van der Waals surface area (Å²) in [5.74, 6) is 0. The Bertz CT molecular complexity index is 7.51. The van der Waals surface area contributed by atoms with Crippen LogP contribution in [0.4, 0.5) is 0 Å². The van der Waals surface area contributed by atoms with Crippen molar-refractivity contribution in [2.24, 2.45) is 0 Å². The van der Waals surface area contributed by atoms with Gasteiger partial charge in [0.15, 0.2) is 0 Å². The van der Waals surface area contributed by atoms with Crippen molar-refractivity contribution in [3.05, 3.63) is 0 Å². The molecule has 0 saturated heterocycles. The van der Waals surface area contributed by atoms with Crippen LogP contribution in [-0.4, -0.2) is 10.5 Å². The topological polar surface area (TPSA) is 74.6 Å². The van der Waals surface area contributed by atoms with E-state index in [2.05, 4.69) is 31.3 Å². The van der Waals surface area contributed by atoms with Gasteiger partial charge in [0, 0.05) is 0 Å². The SMILES string of the molecule is OO.[O]=[Co].[O]=[Co]. The molecule has 0 radical (unpaired) electrons. The van der Waals surface area contributed by atoms with Gasteiger partial charge in [0.2, 0.25) is 0 Å². The van der Waals surface area contributed by atoms with E-state index >= 15 is 0 Å². The van der Waals surface area contributed by atoms with Gasteiger partial charge in [-0.25, -0.2) is 0 Å². The molecule has 0 saturated carbocycles. The molecule has 0 amide bonds. The Morgan fingerprint density at radius 2 is 0.833 bits per heavy atom. The first-order valence-corrected chi connectivity index (χ1v) is 1.32. The summed E-state index contributed by atoms with van der Waals surface area (Å²) < 4.78 is 15.9. The number of hydrogen-bond donors (Lipinski definition) is 2. The van der Waals surface area contributed by atoms with Crippen molar-refractivity contribution in [2.75, 3.05) is 0 Å². The van der Waals surface area contributed by atoms with E-state index in [4.69, 9.17) is 18.2 Å². The van der Waals surface area contributed by atoms with Crippen LogP contribution in [0.1, 0.15) is 0 Å². The summed E-state index contributed by atoms with van der Waals surface area (Å²) in [7, 11) is 0. The van der Waals surface area contributed by atoms with E-state index in [1.54, 1.807) is 0 Å². The summed E-state index contributed by atoms with van der Waals surface area (Å²) in [6.07, 6.45) is 0. The van der Waals surface area contributed by atoms with Crippen molar-refractivity contribution < 1.29 is 49.6 Å². The third-order valence-electron chi connectivity index (χ3n) is 0. The van der Waals surface area contributed by atoms with E-state index in [0.29, 0.717) is 0 Å². The van der Waals surface area contributed by atoms with Gasteiger partial charge in [0.05, 0.1) is 0 Å². The summed E-state index contributed by atoms with van der Waals surface area (Å²) in [5, 5.41) is 12.0. The summed E-state index contributed by atoms with van der Waals surface area (Å²) in [6, 6.07) is 0. The third-order valence-corrected chi connectivity index (χ3v) is 0. The predicted octanol–water partition coefficient (Wildman–Crippen LogP) is -0.225. The molecule has 0 aromatic rings. The molecule has 2 N–H and O–H groups in total. The molecule has 0 aliphatic carbocycles. The molecular weight excluding hydrogens is 182 g/mol. The second-order valence-electron chi connectivity index (χ2n) is 0. The van der Waals surface area contributed by atoms with Crippen molar-refractivity contribution >= 4 is 0 Å². The average molecular weight is 184 g/mol. The Kier molecular flexibility index (Phi) is 1070. The molecule has 0 bridgehead atoms. The normalized spacial score (nSPS) is 2.67. The third kappa shape index (κ3) is 199. The minimum atomic E-state index is 2.31. The molecule has 0 aromatic carbocycles. The monoisotopic (exact) mass is 184 g/mol. The molecule has 6 heteroatoms. The van der Waals surface area contributed by atoms with Crippen LogP contribution in [0.15, 0.2) is 0 Å². The molecular formula is H2Co2O4. The predicted molar refractivity (Wildman–Crippen MR) is 6.63 cm³/mol. The van der Waals surface area contributed by atoms with E-state index in [1.807, 2.05) is 0 Å². The van der Waals surface area contributed by atoms with E-state index in [0.717, 1.165) is 0 Å². The summed E-state index contributed by atoms with van der Waals surface area (Å²) in [4.78, 5) is 0. The molecule has 0 aliphatic rings. The Morgan fingerprint density at radius 3 is 0.833 bits per heavy atom. The Hall–Kier alpha value is 0.533. The van der Waals surface area contributed by atoms with E-state index in [9.17, 15) is 0 Å². The standard InChI is InChI=1S/2Co.H2O2.2O/c;;1-2;;/h;;1-2H;;. The van der Waals surface area contributed by atoms with Gasteiger partial charge in [-0.15, -0.1) is 0 Å². The zero-order valence-corrected chi connectivity index (χ0v) is 4.46. The molecule has 0 aromatic heterocycles. The fourth-order valence-electron chi connectivity index (χ4n) is 0. The maximum absolute atomic E-state index is 7.94. The average Bonchev–Trinajstić information content (AvgIpc) is 1.81. The van der Waals surface area contributed by atoms with Gasteiger partial charge in [0.1, 0.15) is 0 Å². The molecule has 4 nitrogen and oxygen atoms in total. The summed E-state index contributed by atoms with van der Waals surface area (Å²) >= 11 is 4.62. The van der Waals surface area contributed by atoms with E-state index in [1.165, 1.54) is 0 Å². The quantitative estimate of drug-likeness (QED) is 0.402. The zero-order chi connectivity index (χ0) is 6.00. The van der Waals surface area contributed by atoms with Gasteiger partial charge in [-0.2, -0.15) is 0 Å². The molecule has 0 unspecified atom stereocenters. The zero-order valence-electron chi connectivity index (χ0n) is 2.38. The second-order valence-corrected chi connectivity index (χ2v) is 0. The van der Waals surface area contributed by atoms with Gasteiger partial charge >= 0.3 is 39.1 Å². The van der Waals surface area contributed by atoms with Crippen LogP contribution in [-0.2, 0) is 39.1 Å². The van der Waals surface area contributed by atoms with Crippen LogP contribution in [0.2, 0.25) is 0 Å². The van der Waals surface area contributed by atoms with Crippen molar-refractivity contribution in [3.8, 4) is 0 Å². The van der Waals surface area contributed by atoms with Crippen LogP contribution in [0.5, 0.6) is 0 Å². The van der Waals surface area contributed by atoms with Crippen LogP contribution < -0.4 is 0 Å². The van der Waals surface area contributed by atoms with Gasteiger partial charge < -0.3 is 0 Å². The van der Waals surface area contributed by atoms with Crippen molar-refractivity contribution in [1.29, 1.82) is 0 Å². The summed E-state index contributed by atoms with van der Waals surface area (Å²) in [6.45, 7) is 0. The first-order chi connectivity index (χ1) is 3.00. The molecule has 0 aliphatic heterocycles. The Labute approximate surface area is 50.0 Å². The fraction of sp³-hybridized carbons (Fsp3) is 0. The molecule has 0 spiro atoms. The molecule has 44 valence electrons. The number of rotatable bonds is 0. The van der Waals surface area contributed by atoms with Gasteiger partial charge in [-0.3, -0.25) is 10.5 Å². The van der Waals surface area contributed by atoms with Gasteiger partial charge in [0.25, 0.3) is 0 Å². The van der Waals surface area contributed by atoms with Crippen molar-refractivity contribution in [2.45, 2.75) is 0 Å². The van der Waals surface area contributed by atoms with E-state index < -0.39 is 0 Å². The minimum absolute atomic E-state index is 2.31. The van der Waals surface area contributed by atoms with Crippen molar-refractivity contribution in [3.63, 3.8) is 0 Å². The van der Waals surface area contributed by atoms with Gasteiger partial charge in [-0.05, 0) is 0 Å². The fourth-order valence-corrected chi connectivity index (χ4v) is 0. The molecule has 0 rings (SSSR count). The molecule has 6 heavy (non-hydrogen) atoms. The molecule has 0 fully saturated rings. The molecule has 0 atom stereocenters. The number of hydrogen-bond acceptors (Lipinski definition) is 4. The van der Waals surface area contributed by atoms with Crippen LogP contribution in [0.3, 0.4) is 0 Å². The maximum atomic E-state index is 7.94. The van der Waals surface area contributed by atoms with Crippen molar-refractivity contribution in [1.82, 2.24) is 0 Å². The first kappa shape index (κ1) is 16.0. The first-order valence-electron chi connectivity index (χ1n) is 0.472. The van der Waals surface area contributed by atoms with Crippen LogP contribution in [0.25, 0.3) is 0 Å². The van der Waals surface area contributed by atoms with E-state index in [-0.39, 0.29) is 0 Å².